The summed E-state index contributed by atoms with van der Waals surface area (Å²) in [6.45, 7) is 4.58. The van der Waals surface area contributed by atoms with E-state index in [2.05, 4.69) is 10.8 Å². The van der Waals surface area contributed by atoms with Gasteiger partial charge in [0.1, 0.15) is 6.04 Å². The first-order valence-corrected chi connectivity index (χ1v) is 5.93. The fraction of sp³-hybridized carbons (Fsp3) is 0.909. The molecule has 1 fully saturated rings. The van der Waals surface area contributed by atoms with Gasteiger partial charge in [0.2, 0.25) is 5.91 Å². The van der Waals surface area contributed by atoms with E-state index in [1.54, 1.807) is 0 Å². The topological polar surface area (TPSA) is 50.4 Å². The summed E-state index contributed by atoms with van der Waals surface area (Å²) in [7, 11) is 0. The van der Waals surface area contributed by atoms with Gasteiger partial charge in [-0.15, -0.1) is 0 Å². The van der Waals surface area contributed by atoms with Gasteiger partial charge in [0.25, 0.3) is 0 Å². The maximum Gasteiger partial charge on any atom is 0.239 e. The summed E-state index contributed by atoms with van der Waals surface area (Å²) in [5.74, 6) is 0.00912. The molecule has 0 aromatic heterocycles. The molecule has 0 aliphatic heterocycles. The Bertz CT molecular complexity index is 191. The molecule has 1 unspecified atom stereocenters. The van der Waals surface area contributed by atoms with E-state index in [0.29, 0.717) is 6.10 Å². The Morgan fingerprint density at radius 1 is 1.47 bits per heavy atom. The highest BCUT2D eigenvalue weighted by molar-refractivity contribution is 5.81. The third-order valence-corrected chi connectivity index (χ3v) is 2.66. The largest absolute Gasteiger partial charge is 0.355 e. The molecule has 15 heavy (non-hydrogen) atoms. The molecule has 0 radical (unpaired) electrons. The molecule has 0 aromatic carbocycles. The Morgan fingerprint density at radius 3 is 2.73 bits per heavy atom. The number of hydroxylamine groups is 1. The summed E-state index contributed by atoms with van der Waals surface area (Å²) in [5.41, 5.74) is 2.82. The van der Waals surface area contributed by atoms with Crippen LogP contribution in [0.4, 0.5) is 0 Å². The van der Waals surface area contributed by atoms with Crippen molar-refractivity contribution in [2.75, 3.05) is 6.54 Å². The zero-order valence-corrected chi connectivity index (χ0v) is 9.71. The SMILES string of the molecule is CCCNC(=O)C(C)NOC1CCCC1. The second-order valence-electron chi connectivity index (χ2n) is 4.15. The van der Waals surface area contributed by atoms with Crippen molar-refractivity contribution >= 4 is 5.91 Å². The summed E-state index contributed by atoms with van der Waals surface area (Å²) < 4.78 is 0. The molecule has 0 bridgehead atoms. The Balaban J connectivity index is 2.10. The van der Waals surface area contributed by atoms with Gasteiger partial charge in [0.15, 0.2) is 0 Å². The van der Waals surface area contributed by atoms with E-state index in [1.165, 1.54) is 12.8 Å². The smallest absolute Gasteiger partial charge is 0.239 e. The fourth-order valence-corrected chi connectivity index (χ4v) is 1.66. The van der Waals surface area contributed by atoms with E-state index in [9.17, 15) is 4.79 Å². The fourth-order valence-electron chi connectivity index (χ4n) is 1.66. The number of amides is 1. The van der Waals surface area contributed by atoms with Crippen molar-refractivity contribution in [3.05, 3.63) is 0 Å². The summed E-state index contributed by atoms with van der Waals surface area (Å²) in [4.78, 5) is 16.9. The van der Waals surface area contributed by atoms with Gasteiger partial charge in [-0.05, 0) is 26.2 Å². The predicted molar refractivity (Wildman–Crippen MR) is 59.2 cm³/mol. The van der Waals surface area contributed by atoms with E-state index in [-0.39, 0.29) is 11.9 Å². The second-order valence-corrected chi connectivity index (χ2v) is 4.15. The average Bonchev–Trinajstić information content (AvgIpc) is 2.75. The van der Waals surface area contributed by atoms with Crippen LogP contribution in [0, 0.1) is 0 Å². The van der Waals surface area contributed by atoms with Crippen LogP contribution in [0.2, 0.25) is 0 Å². The molecule has 0 saturated heterocycles. The highest BCUT2D eigenvalue weighted by Gasteiger charge is 2.18. The quantitative estimate of drug-likeness (QED) is 0.656. The number of hydrogen-bond acceptors (Lipinski definition) is 3. The molecular formula is C11H22N2O2. The maximum absolute atomic E-state index is 11.5. The summed E-state index contributed by atoms with van der Waals surface area (Å²) in [6.07, 6.45) is 5.95. The number of nitrogens with one attached hydrogen (secondary N) is 2. The molecular weight excluding hydrogens is 192 g/mol. The number of hydrogen-bond donors (Lipinski definition) is 2. The minimum Gasteiger partial charge on any atom is -0.355 e. The van der Waals surface area contributed by atoms with E-state index in [4.69, 9.17) is 4.84 Å². The molecule has 0 heterocycles. The monoisotopic (exact) mass is 214 g/mol. The number of carbonyl (C=O) groups is 1. The van der Waals surface area contributed by atoms with Crippen LogP contribution < -0.4 is 10.8 Å². The maximum atomic E-state index is 11.5. The van der Waals surface area contributed by atoms with Crippen molar-refractivity contribution in [3.63, 3.8) is 0 Å². The van der Waals surface area contributed by atoms with Gasteiger partial charge in [-0.2, -0.15) is 5.48 Å². The van der Waals surface area contributed by atoms with Crippen molar-refractivity contribution in [1.82, 2.24) is 10.8 Å². The van der Waals surface area contributed by atoms with E-state index in [1.807, 2.05) is 13.8 Å². The molecule has 1 atom stereocenters. The lowest BCUT2D eigenvalue weighted by Crippen LogP contribution is -2.43. The van der Waals surface area contributed by atoms with Gasteiger partial charge in [-0.3, -0.25) is 9.63 Å². The zero-order valence-electron chi connectivity index (χ0n) is 9.71. The third-order valence-electron chi connectivity index (χ3n) is 2.66. The number of carbonyl (C=O) groups excluding carboxylic acids is 1. The lowest BCUT2D eigenvalue weighted by atomic mass is 10.3. The van der Waals surface area contributed by atoms with Gasteiger partial charge < -0.3 is 5.32 Å². The standard InChI is InChI=1S/C11H22N2O2/c1-3-8-12-11(14)9(2)13-15-10-6-4-5-7-10/h9-10,13H,3-8H2,1-2H3,(H,12,14). The first-order chi connectivity index (χ1) is 7.24. The normalized spacial score (nSPS) is 19.1. The first-order valence-electron chi connectivity index (χ1n) is 5.93. The Hall–Kier alpha value is -0.610. The minimum absolute atomic E-state index is 0.00912. The zero-order chi connectivity index (χ0) is 11.1. The van der Waals surface area contributed by atoms with Crippen molar-refractivity contribution < 1.29 is 9.63 Å². The van der Waals surface area contributed by atoms with Gasteiger partial charge in [-0.25, -0.2) is 0 Å². The first kappa shape index (κ1) is 12.5. The summed E-state index contributed by atoms with van der Waals surface area (Å²) in [6, 6.07) is -0.267. The number of rotatable bonds is 6. The highest BCUT2D eigenvalue weighted by atomic mass is 16.7. The van der Waals surface area contributed by atoms with Crippen LogP contribution in [0.15, 0.2) is 0 Å². The Kier molecular flexibility index (Phi) is 5.65. The van der Waals surface area contributed by atoms with E-state index in [0.717, 1.165) is 25.8 Å². The molecule has 1 aliphatic rings. The molecule has 0 aromatic rings. The summed E-state index contributed by atoms with van der Waals surface area (Å²) >= 11 is 0. The van der Waals surface area contributed by atoms with Gasteiger partial charge >= 0.3 is 0 Å². The molecule has 1 amide bonds. The van der Waals surface area contributed by atoms with Crippen LogP contribution in [0.3, 0.4) is 0 Å². The molecule has 2 N–H and O–H groups in total. The van der Waals surface area contributed by atoms with Crippen LogP contribution in [-0.2, 0) is 9.63 Å². The van der Waals surface area contributed by atoms with E-state index < -0.39 is 0 Å². The molecule has 0 spiro atoms. The van der Waals surface area contributed by atoms with Crippen LogP contribution >= 0.6 is 0 Å². The minimum atomic E-state index is -0.267. The van der Waals surface area contributed by atoms with Crippen molar-refractivity contribution in [2.45, 2.75) is 58.1 Å². The molecule has 4 heteroatoms. The second kappa shape index (κ2) is 6.80. The molecule has 4 nitrogen and oxygen atoms in total. The Morgan fingerprint density at radius 2 is 2.13 bits per heavy atom. The molecule has 88 valence electrons. The van der Waals surface area contributed by atoms with E-state index >= 15 is 0 Å². The van der Waals surface area contributed by atoms with Crippen LogP contribution in [-0.4, -0.2) is 24.6 Å². The lowest BCUT2D eigenvalue weighted by Gasteiger charge is -2.16. The van der Waals surface area contributed by atoms with Gasteiger partial charge in [-0.1, -0.05) is 19.8 Å². The van der Waals surface area contributed by atoms with Gasteiger partial charge in [0, 0.05) is 6.54 Å². The summed E-state index contributed by atoms with van der Waals surface area (Å²) in [5, 5.41) is 2.83. The van der Waals surface area contributed by atoms with Crippen LogP contribution in [0.25, 0.3) is 0 Å². The van der Waals surface area contributed by atoms with Crippen molar-refractivity contribution in [3.8, 4) is 0 Å². The lowest BCUT2D eigenvalue weighted by molar-refractivity contribution is -0.128. The molecule has 1 saturated carbocycles. The predicted octanol–water partition coefficient (Wildman–Crippen LogP) is 1.36. The highest BCUT2D eigenvalue weighted by Crippen LogP contribution is 2.19. The van der Waals surface area contributed by atoms with Crippen LogP contribution in [0.1, 0.15) is 46.0 Å². The van der Waals surface area contributed by atoms with Crippen molar-refractivity contribution in [2.24, 2.45) is 0 Å². The van der Waals surface area contributed by atoms with Crippen molar-refractivity contribution in [1.29, 1.82) is 0 Å². The Labute approximate surface area is 91.7 Å². The molecule has 1 aliphatic carbocycles. The average molecular weight is 214 g/mol. The third kappa shape index (κ3) is 4.62. The molecule has 1 rings (SSSR count). The van der Waals surface area contributed by atoms with Gasteiger partial charge in [0.05, 0.1) is 6.10 Å². The van der Waals surface area contributed by atoms with Crippen LogP contribution in [0.5, 0.6) is 0 Å².